The maximum atomic E-state index is 5.97. The summed E-state index contributed by atoms with van der Waals surface area (Å²) in [4.78, 5) is 5.28. The Morgan fingerprint density at radius 2 is 2.33 bits per heavy atom. The number of rotatable bonds is 2. The van der Waals surface area contributed by atoms with Crippen LogP contribution in [-0.4, -0.2) is 10.1 Å². The second-order valence-electron chi connectivity index (χ2n) is 3.71. The van der Waals surface area contributed by atoms with Crippen LogP contribution < -0.4 is 5.73 Å². The molecule has 2 N–H and O–H groups in total. The topological polar surface area (TPSA) is 64.9 Å². The maximum Gasteiger partial charge on any atom is 0.268 e. The summed E-state index contributed by atoms with van der Waals surface area (Å²) in [6.45, 7) is 0. The molecule has 0 unspecified atom stereocenters. The molecule has 0 bridgehead atoms. The van der Waals surface area contributed by atoms with Crippen molar-refractivity contribution >= 4 is 27.3 Å². The van der Waals surface area contributed by atoms with Gasteiger partial charge in [0, 0.05) is 9.85 Å². The smallest absolute Gasteiger partial charge is 0.268 e. The predicted octanol–water partition coefficient (Wildman–Crippen LogP) is 2.51. The van der Waals surface area contributed by atoms with Crippen molar-refractivity contribution in [3.05, 3.63) is 21.7 Å². The van der Waals surface area contributed by atoms with Gasteiger partial charge in [-0.25, -0.2) is 0 Å². The SMILES string of the molecule is NC1(c2noc(-c3cc(Br)cs3)n2)CC1. The standard InChI is InChI=1S/C9H8BrN3OS/c10-5-3-6(15-4-5)7-12-8(13-14-7)9(11)1-2-9/h3-4H,1-2,11H2. The Balaban J connectivity index is 1.97. The highest BCUT2D eigenvalue weighted by atomic mass is 79.9. The van der Waals surface area contributed by atoms with E-state index in [4.69, 9.17) is 10.3 Å². The summed E-state index contributed by atoms with van der Waals surface area (Å²) in [5, 5.41) is 5.90. The molecule has 0 spiro atoms. The largest absolute Gasteiger partial charge is 0.333 e. The molecule has 0 atom stereocenters. The summed E-state index contributed by atoms with van der Waals surface area (Å²) < 4.78 is 6.20. The Hall–Kier alpha value is -0.720. The van der Waals surface area contributed by atoms with Gasteiger partial charge >= 0.3 is 0 Å². The molecular weight excluding hydrogens is 278 g/mol. The van der Waals surface area contributed by atoms with E-state index >= 15 is 0 Å². The summed E-state index contributed by atoms with van der Waals surface area (Å²) in [5.41, 5.74) is 5.65. The van der Waals surface area contributed by atoms with E-state index in [2.05, 4.69) is 26.1 Å². The fourth-order valence-electron chi connectivity index (χ4n) is 1.31. The van der Waals surface area contributed by atoms with Crippen molar-refractivity contribution in [1.29, 1.82) is 0 Å². The minimum Gasteiger partial charge on any atom is -0.333 e. The molecule has 1 aliphatic carbocycles. The number of nitrogens with two attached hydrogens (primary N) is 1. The molecule has 2 aromatic heterocycles. The summed E-state index contributed by atoms with van der Waals surface area (Å²) in [6, 6.07) is 1.96. The molecular formula is C9H8BrN3OS. The normalized spacial score (nSPS) is 18.0. The van der Waals surface area contributed by atoms with Crippen molar-refractivity contribution in [3.63, 3.8) is 0 Å². The molecule has 1 aliphatic rings. The summed E-state index contributed by atoms with van der Waals surface area (Å²) in [5.74, 6) is 1.18. The van der Waals surface area contributed by atoms with Gasteiger partial charge in [-0.05, 0) is 34.8 Å². The fraction of sp³-hybridized carbons (Fsp3) is 0.333. The first-order valence-corrected chi connectivity index (χ1v) is 6.22. The van der Waals surface area contributed by atoms with Crippen LogP contribution in [0.1, 0.15) is 18.7 Å². The summed E-state index contributed by atoms with van der Waals surface area (Å²) in [7, 11) is 0. The molecule has 0 aromatic carbocycles. The van der Waals surface area contributed by atoms with Crippen LogP contribution in [0.5, 0.6) is 0 Å². The van der Waals surface area contributed by atoms with E-state index in [1.807, 2.05) is 11.4 Å². The van der Waals surface area contributed by atoms with Crippen LogP contribution in [0.2, 0.25) is 0 Å². The van der Waals surface area contributed by atoms with E-state index in [1.54, 1.807) is 11.3 Å². The lowest BCUT2D eigenvalue weighted by Gasteiger charge is -1.97. The van der Waals surface area contributed by atoms with Crippen molar-refractivity contribution in [2.75, 3.05) is 0 Å². The molecule has 2 heterocycles. The molecule has 0 saturated heterocycles. The lowest BCUT2D eigenvalue weighted by molar-refractivity contribution is 0.415. The monoisotopic (exact) mass is 285 g/mol. The lowest BCUT2D eigenvalue weighted by Crippen LogP contribution is -2.20. The quantitative estimate of drug-likeness (QED) is 0.921. The van der Waals surface area contributed by atoms with Gasteiger partial charge in [0.25, 0.3) is 5.89 Å². The Labute approximate surface area is 98.6 Å². The first kappa shape index (κ1) is 9.50. The lowest BCUT2D eigenvalue weighted by atomic mass is 10.3. The van der Waals surface area contributed by atoms with Crippen LogP contribution in [0.25, 0.3) is 10.8 Å². The van der Waals surface area contributed by atoms with E-state index in [0.717, 1.165) is 22.2 Å². The van der Waals surface area contributed by atoms with E-state index in [9.17, 15) is 0 Å². The molecule has 0 amide bonds. The Morgan fingerprint density at radius 3 is 2.93 bits per heavy atom. The molecule has 78 valence electrons. The highest BCUT2D eigenvalue weighted by Gasteiger charge is 2.44. The van der Waals surface area contributed by atoms with Crippen molar-refractivity contribution < 1.29 is 4.52 Å². The fourth-order valence-corrected chi connectivity index (χ4v) is 2.66. The number of thiophene rings is 1. The average molecular weight is 286 g/mol. The van der Waals surface area contributed by atoms with Crippen LogP contribution in [0.15, 0.2) is 20.4 Å². The summed E-state index contributed by atoms with van der Waals surface area (Å²) >= 11 is 4.95. The minimum absolute atomic E-state index is 0.323. The van der Waals surface area contributed by atoms with E-state index < -0.39 is 0 Å². The zero-order valence-corrected chi connectivity index (χ0v) is 10.1. The van der Waals surface area contributed by atoms with E-state index in [1.165, 1.54) is 0 Å². The molecule has 4 nitrogen and oxygen atoms in total. The van der Waals surface area contributed by atoms with Crippen molar-refractivity contribution in [2.24, 2.45) is 5.73 Å². The molecule has 1 saturated carbocycles. The first-order chi connectivity index (χ1) is 7.17. The van der Waals surface area contributed by atoms with Gasteiger partial charge in [0.2, 0.25) is 0 Å². The van der Waals surface area contributed by atoms with Gasteiger partial charge < -0.3 is 10.3 Å². The molecule has 6 heteroatoms. The van der Waals surface area contributed by atoms with Gasteiger partial charge in [0.05, 0.1) is 10.4 Å². The molecule has 3 rings (SSSR count). The Morgan fingerprint density at radius 1 is 1.53 bits per heavy atom. The van der Waals surface area contributed by atoms with Gasteiger partial charge in [0.15, 0.2) is 5.82 Å². The van der Waals surface area contributed by atoms with Gasteiger partial charge in [-0.3, -0.25) is 0 Å². The Kier molecular flexibility index (Phi) is 1.99. The third-order valence-corrected chi connectivity index (χ3v) is 4.12. The Bertz CT molecular complexity index is 503. The van der Waals surface area contributed by atoms with Crippen LogP contribution >= 0.6 is 27.3 Å². The van der Waals surface area contributed by atoms with Gasteiger partial charge in [-0.15, -0.1) is 11.3 Å². The zero-order chi connectivity index (χ0) is 10.5. The third-order valence-electron chi connectivity index (χ3n) is 2.44. The zero-order valence-electron chi connectivity index (χ0n) is 7.74. The minimum atomic E-state index is -0.323. The second-order valence-corrected chi connectivity index (χ2v) is 5.54. The molecule has 2 aromatic rings. The second kappa shape index (κ2) is 3.13. The van der Waals surface area contributed by atoms with Crippen LogP contribution in [0.3, 0.4) is 0 Å². The van der Waals surface area contributed by atoms with E-state index in [-0.39, 0.29) is 5.54 Å². The maximum absolute atomic E-state index is 5.97. The summed E-state index contributed by atoms with van der Waals surface area (Å²) in [6.07, 6.45) is 1.89. The number of nitrogens with zero attached hydrogens (tertiary/aromatic N) is 2. The first-order valence-electron chi connectivity index (χ1n) is 4.55. The van der Waals surface area contributed by atoms with Gasteiger partial charge in [-0.2, -0.15) is 4.98 Å². The number of halogens is 1. The van der Waals surface area contributed by atoms with Crippen LogP contribution in [0.4, 0.5) is 0 Å². The van der Waals surface area contributed by atoms with Gasteiger partial charge in [-0.1, -0.05) is 5.16 Å². The number of aromatic nitrogens is 2. The van der Waals surface area contributed by atoms with Crippen molar-refractivity contribution in [1.82, 2.24) is 10.1 Å². The van der Waals surface area contributed by atoms with Gasteiger partial charge in [0.1, 0.15) is 0 Å². The highest BCUT2D eigenvalue weighted by molar-refractivity contribution is 9.10. The third kappa shape index (κ3) is 1.62. The van der Waals surface area contributed by atoms with Crippen molar-refractivity contribution in [3.8, 4) is 10.8 Å². The molecule has 0 radical (unpaired) electrons. The van der Waals surface area contributed by atoms with Crippen LogP contribution in [-0.2, 0) is 5.54 Å². The molecule has 1 fully saturated rings. The molecule has 0 aliphatic heterocycles. The molecule has 15 heavy (non-hydrogen) atoms. The van der Waals surface area contributed by atoms with Crippen molar-refractivity contribution in [2.45, 2.75) is 18.4 Å². The van der Waals surface area contributed by atoms with E-state index in [0.29, 0.717) is 11.7 Å². The van der Waals surface area contributed by atoms with Crippen LogP contribution in [0, 0.1) is 0 Å². The predicted molar refractivity (Wildman–Crippen MR) is 60.4 cm³/mol. The highest BCUT2D eigenvalue weighted by Crippen LogP contribution is 2.41. The number of hydrogen-bond acceptors (Lipinski definition) is 5. The average Bonchev–Trinajstić information content (AvgIpc) is 2.72. The number of hydrogen-bond donors (Lipinski definition) is 1.